The molecule has 3 rings (SSSR count). The lowest BCUT2D eigenvalue weighted by atomic mass is 10.1. The van der Waals surface area contributed by atoms with Crippen LogP contribution in [0.2, 0.25) is 0 Å². The van der Waals surface area contributed by atoms with Crippen molar-refractivity contribution in [3.8, 4) is 22.8 Å². The van der Waals surface area contributed by atoms with Crippen molar-refractivity contribution >= 4 is 28.6 Å². The number of aliphatic carboxylic acids is 1. The molecule has 170 valence electrons. The molecule has 6 nitrogen and oxygen atoms in total. The highest BCUT2D eigenvalue weighted by molar-refractivity contribution is 7.99. The molecule has 0 saturated carbocycles. The molecule has 1 aromatic heterocycles. The molecule has 2 aromatic carbocycles. The van der Waals surface area contributed by atoms with Crippen LogP contribution in [-0.4, -0.2) is 40.9 Å². The Labute approximate surface area is 190 Å². The fourth-order valence-electron chi connectivity index (χ4n) is 3.42. The number of carbonyl (C=O) groups is 1. The van der Waals surface area contributed by atoms with Crippen molar-refractivity contribution in [1.82, 2.24) is 4.57 Å². The van der Waals surface area contributed by atoms with Gasteiger partial charge in [0.25, 0.3) is 0 Å². The molecule has 0 spiro atoms. The molecule has 8 heteroatoms. The van der Waals surface area contributed by atoms with Gasteiger partial charge in [0.1, 0.15) is 17.3 Å². The van der Waals surface area contributed by atoms with Gasteiger partial charge in [0, 0.05) is 24.1 Å². The van der Waals surface area contributed by atoms with Crippen molar-refractivity contribution in [1.29, 1.82) is 0 Å². The van der Waals surface area contributed by atoms with E-state index in [1.807, 2.05) is 23.6 Å². The molecule has 1 N–H and O–H groups in total. The highest BCUT2D eigenvalue weighted by Crippen LogP contribution is 2.31. The summed E-state index contributed by atoms with van der Waals surface area (Å²) >= 11 is 1.49. The Morgan fingerprint density at radius 1 is 1.16 bits per heavy atom. The molecule has 3 aromatic rings. The Hall–Kier alpha value is -3.00. The van der Waals surface area contributed by atoms with Gasteiger partial charge in [-0.1, -0.05) is 6.92 Å². The molecule has 0 radical (unpaired) electrons. The lowest BCUT2D eigenvalue weighted by molar-refractivity contribution is -0.136. The van der Waals surface area contributed by atoms with Gasteiger partial charge in [-0.2, -0.15) is 11.8 Å². The van der Waals surface area contributed by atoms with E-state index in [2.05, 4.69) is 0 Å². The molecule has 0 aliphatic heterocycles. The van der Waals surface area contributed by atoms with Crippen LogP contribution in [0.5, 0.6) is 11.5 Å². The van der Waals surface area contributed by atoms with E-state index in [4.69, 9.17) is 14.6 Å². The summed E-state index contributed by atoms with van der Waals surface area (Å²) in [6, 6.07) is 11.6. The predicted octanol–water partition coefficient (Wildman–Crippen LogP) is 4.81. The predicted molar refractivity (Wildman–Crippen MR) is 126 cm³/mol. The quantitative estimate of drug-likeness (QED) is 0.415. The Kier molecular flexibility index (Phi) is 8.16. The number of ether oxygens (including phenoxy) is 2. The number of benzene rings is 2. The van der Waals surface area contributed by atoms with Crippen molar-refractivity contribution in [2.24, 2.45) is 0 Å². The first-order chi connectivity index (χ1) is 15.5. The SMILES string of the molecule is CCCOc1ccc(F)c2c(=O)cc(-c3ccc(OC)cc3)n(CCSCCC(=O)O)c12. The van der Waals surface area contributed by atoms with Crippen LogP contribution in [0.25, 0.3) is 22.2 Å². The number of thioether (sulfide) groups is 1. The lowest BCUT2D eigenvalue weighted by Crippen LogP contribution is -2.16. The van der Waals surface area contributed by atoms with E-state index in [-0.39, 0.29) is 11.8 Å². The van der Waals surface area contributed by atoms with Crippen LogP contribution in [0.1, 0.15) is 19.8 Å². The second kappa shape index (κ2) is 11.0. The van der Waals surface area contributed by atoms with Crippen LogP contribution < -0.4 is 14.9 Å². The van der Waals surface area contributed by atoms with E-state index < -0.39 is 17.2 Å². The van der Waals surface area contributed by atoms with Crippen LogP contribution in [0, 0.1) is 5.82 Å². The molecular weight excluding hydrogens is 433 g/mol. The second-order valence-electron chi connectivity index (χ2n) is 7.15. The third-order valence-electron chi connectivity index (χ3n) is 4.93. The molecule has 1 heterocycles. The summed E-state index contributed by atoms with van der Waals surface area (Å²) < 4.78 is 27.7. The summed E-state index contributed by atoms with van der Waals surface area (Å²) in [5.74, 6) is 0.763. The standard InChI is InChI=1S/C24H26FNO5S/c1-3-12-31-21-9-8-18(25)23-20(27)15-19(16-4-6-17(30-2)7-5-16)26(24(21)23)11-14-32-13-10-22(28)29/h4-9,15H,3,10-14H2,1-2H3,(H,28,29). The van der Waals surface area contributed by atoms with Gasteiger partial charge >= 0.3 is 5.97 Å². The minimum Gasteiger partial charge on any atom is -0.497 e. The number of aryl methyl sites for hydroxylation is 1. The van der Waals surface area contributed by atoms with Crippen LogP contribution in [0.4, 0.5) is 4.39 Å². The molecule has 0 unspecified atom stereocenters. The van der Waals surface area contributed by atoms with Crippen LogP contribution >= 0.6 is 11.8 Å². The summed E-state index contributed by atoms with van der Waals surface area (Å²) in [4.78, 5) is 23.7. The molecule has 32 heavy (non-hydrogen) atoms. The third kappa shape index (κ3) is 5.43. The topological polar surface area (TPSA) is 77.8 Å². The number of halogens is 1. The van der Waals surface area contributed by atoms with Crippen molar-refractivity contribution in [3.05, 3.63) is 58.5 Å². The zero-order valence-corrected chi connectivity index (χ0v) is 18.9. The number of rotatable bonds is 11. The third-order valence-corrected chi connectivity index (χ3v) is 5.90. The number of fused-ring (bicyclic) bond motifs is 1. The zero-order valence-electron chi connectivity index (χ0n) is 18.1. The molecule has 0 amide bonds. The van der Waals surface area contributed by atoms with Gasteiger partial charge in [0.2, 0.25) is 0 Å². The first-order valence-corrected chi connectivity index (χ1v) is 11.5. The molecule has 0 atom stereocenters. The molecular formula is C24H26FNO5S. The minimum atomic E-state index is -0.845. The smallest absolute Gasteiger partial charge is 0.304 e. The Morgan fingerprint density at radius 2 is 1.91 bits per heavy atom. The molecule has 0 saturated heterocycles. The summed E-state index contributed by atoms with van der Waals surface area (Å²) in [5, 5.41) is 8.86. The molecule has 0 aliphatic rings. The van der Waals surface area contributed by atoms with Gasteiger partial charge < -0.3 is 19.1 Å². The number of aromatic nitrogens is 1. The number of hydrogen-bond acceptors (Lipinski definition) is 5. The highest BCUT2D eigenvalue weighted by atomic mass is 32.2. The highest BCUT2D eigenvalue weighted by Gasteiger charge is 2.18. The lowest BCUT2D eigenvalue weighted by Gasteiger charge is -2.20. The van der Waals surface area contributed by atoms with Gasteiger partial charge in [0.05, 0.1) is 36.7 Å². The van der Waals surface area contributed by atoms with E-state index in [9.17, 15) is 14.0 Å². The largest absolute Gasteiger partial charge is 0.497 e. The number of carboxylic acid groups (broad SMARTS) is 1. The maximum absolute atomic E-state index is 14.7. The average Bonchev–Trinajstić information content (AvgIpc) is 2.79. The summed E-state index contributed by atoms with van der Waals surface area (Å²) in [6.07, 6.45) is 0.840. The Bertz CT molecular complexity index is 1140. The van der Waals surface area contributed by atoms with Crippen LogP contribution in [0.15, 0.2) is 47.3 Å². The fraction of sp³-hybridized carbons (Fsp3) is 0.333. The summed E-state index contributed by atoms with van der Waals surface area (Å²) in [7, 11) is 1.58. The maximum Gasteiger partial charge on any atom is 0.304 e. The van der Waals surface area contributed by atoms with Crippen molar-refractivity contribution in [3.63, 3.8) is 0 Å². The summed E-state index contributed by atoms with van der Waals surface area (Å²) in [5.41, 5.74) is 1.41. The second-order valence-corrected chi connectivity index (χ2v) is 8.37. The Balaban J connectivity index is 2.14. The van der Waals surface area contributed by atoms with E-state index in [1.165, 1.54) is 23.9 Å². The number of pyridine rings is 1. The van der Waals surface area contributed by atoms with Crippen molar-refractivity contribution in [2.75, 3.05) is 25.2 Å². The van der Waals surface area contributed by atoms with E-state index in [0.29, 0.717) is 47.4 Å². The summed E-state index contributed by atoms with van der Waals surface area (Å²) in [6.45, 7) is 2.87. The number of nitrogens with zero attached hydrogens (tertiary/aromatic N) is 1. The van der Waals surface area contributed by atoms with Gasteiger partial charge in [-0.25, -0.2) is 4.39 Å². The average molecular weight is 460 g/mol. The van der Waals surface area contributed by atoms with Gasteiger partial charge in [-0.3, -0.25) is 9.59 Å². The van der Waals surface area contributed by atoms with Crippen molar-refractivity contribution in [2.45, 2.75) is 26.3 Å². The van der Waals surface area contributed by atoms with E-state index >= 15 is 0 Å². The minimum absolute atomic E-state index is 0.00796. The van der Waals surface area contributed by atoms with Gasteiger partial charge in [0.15, 0.2) is 5.43 Å². The first kappa shape index (κ1) is 23.7. The molecule has 0 bridgehead atoms. The number of carboxylic acids is 1. The van der Waals surface area contributed by atoms with Crippen molar-refractivity contribution < 1.29 is 23.8 Å². The molecule has 0 fully saturated rings. The van der Waals surface area contributed by atoms with E-state index in [1.54, 1.807) is 25.3 Å². The normalized spacial score (nSPS) is 11.0. The van der Waals surface area contributed by atoms with E-state index in [0.717, 1.165) is 12.0 Å². The maximum atomic E-state index is 14.7. The van der Waals surface area contributed by atoms with Crippen LogP contribution in [-0.2, 0) is 11.3 Å². The zero-order chi connectivity index (χ0) is 23.1. The Morgan fingerprint density at radius 3 is 2.56 bits per heavy atom. The fourth-order valence-corrected chi connectivity index (χ4v) is 4.26. The number of hydrogen-bond donors (Lipinski definition) is 1. The number of methoxy groups -OCH3 is 1. The van der Waals surface area contributed by atoms with Gasteiger partial charge in [-0.15, -0.1) is 0 Å². The monoisotopic (exact) mass is 459 g/mol. The van der Waals surface area contributed by atoms with Crippen LogP contribution in [0.3, 0.4) is 0 Å². The molecule has 0 aliphatic carbocycles. The van der Waals surface area contributed by atoms with Gasteiger partial charge in [-0.05, 0) is 48.4 Å². The first-order valence-electron chi connectivity index (χ1n) is 10.4.